The Balaban J connectivity index is 2.29. The Morgan fingerprint density at radius 1 is 1.10 bits per heavy atom. The number of nitrogen functional groups attached to an aromatic ring is 1. The van der Waals surface area contributed by atoms with Crippen molar-refractivity contribution in [2.24, 2.45) is 5.84 Å². The van der Waals surface area contributed by atoms with Gasteiger partial charge in [0.15, 0.2) is 0 Å². The van der Waals surface area contributed by atoms with Crippen LogP contribution in [0.1, 0.15) is 5.56 Å². The first-order valence-electron chi connectivity index (χ1n) is 5.89. The van der Waals surface area contributed by atoms with Crippen molar-refractivity contribution in [3.63, 3.8) is 0 Å². The van der Waals surface area contributed by atoms with Crippen molar-refractivity contribution in [1.82, 2.24) is 4.98 Å². The van der Waals surface area contributed by atoms with Crippen LogP contribution >= 0.6 is 11.8 Å². The zero-order valence-corrected chi connectivity index (χ0v) is 11.8. The molecule has 0 unspecified atom stereocenters. The molecule has 1 aromatic heterocycles. The minimum absolute atomic E-state index is 0.0620. The maximum atomic E-state index is 12.8. The highest BCUT2D eigenvalue weighted by molar-refractivity contribution is 7.98. The first-order chi connectivity index (χ1) is 9.92. The molecule has 0 saturated heterocycles. The van der Waals surface area contributed by atoms with Crippen LogP contribution < -0.4 is 16.6 Å². The van der Waals surface area contributed by atoms with E-state index >= 15 is 0 Å². The fourth-order valence-corrected chi connectivity index (χ4v) is 2.06. The lowest BCUT2D eigenvalue weighted by atomic mass is 10.2. The Morgan fingerprint density at radius 3 is 2.24 bits per heavy atom. The fraction of sp³-hybridized carbons (Fsp3) is 0.154. The van der Waals surface area contributed by atoms with Gasteiger partial charge in [-0.15, -0.1) is 11.8 Å². The monoisotopic (exact) mass is 314 g/mol. The molecule has 0 atom stereocenters. The molecular formula is C13H13F3N4S. The third-order valence-electron chi connectivity index (χ3n) is 2.66. The van der Waals surface area contributed by atoms with Crippen LogP contribution in [0.5, 0.6) is 0 Å². The zero-order chi connectivity index (χ0) is 15.5. The zero-order valence-electron chi connectivity index (χ0n) is 11.0. The molecule has 2 rings (SSSR count). The normalized spacial score (nSPS) is 11.3. The molecule has 0 aliphatic heterocycles. The Bertz CT molecular complexity index is 614. The molecule has 0 aliphatic rings. The number of rotatable bonds is 4. The van der Waals surface area contributed by atoms with Crippen molar-refractivity contribution in [2.45, 2.75) is 11.1 Å². The fourth-order valence-electron chi connectivity index (χ4n) is 1.65. The molecule has 0 fully saturated rings. The number of alkyl halides is 3. The van der Waals surface area contributed by atoms with Crippen molar-refractivity contribution < 1.29 is 13.2 Å². The molecule has 0 bridgehead atoms. The molecule has 0 saturated carbocycles. The lowest BCUT2D eigenvalue weighted by Crippen LogP contribution is -2.13. The predicted molar refractivity (Wildman–Crippen MR) is 78.6 cm³/mol. The number of hydrogen-bond donors (Lipinski definition) is 3. The van der Waals surface area contributed by atoms with Gasteiger partial charge in [0.2, 0.25) is 0 Å². The number of hydrogen-bond acceptors (Lipinski definition) is 5. The Hall–Kier alpha value is -1.93. The Kier molecular flexibility index (Phi) is 4.59. The largest absolute Gasteiger partial charge is 0.416 e. The molecule has 21 heavy (non-hydrogen) atoms. The van der Waals surface area contributed by atoms with E-state index in [4.69, 9.17) is 5.84 Å². The Morgan fingerprint density at radius 2 is 1.71 bits per heavy atom. The van der Waals surface area contributed by atoms with E-state index < -0.39 is 11.7 Å². The summed E-state index contributed by atoms with van der Waals surface area (Å²) in [5.41, 5.74) is 1.95. The summed E-state index contributed by atoms with van der Waals surface area (Å²) in [4.78, 5) is 5.01. The molecule has 8 heteroatoms. The molecular weight excluding hydrogens is 301 g/mol. The summed E-state index contributed by atoms with van der Waals surface area (Å²) in [6.07, 6.45) is -2.52. The maximum absolute atomic E-state index is 12.8. The van der Waals surface area contributed by atoms with Gasteiger partial charge in [-0.1, -0.05) is 0 Å². The van der Waals surface area contributed by atoms with Crippen molar-refractivity contribution in [3.05, 3.63) is 42.0 Å². The van der Waals surface area contributed by atoms with E-state index in [1.54, 1.807) is 23.9 Å². The van der Waals surface area contributed by atoms with Gasteiger partial charge in [-0.25, -0.2) is 10.8 Å². The number of pyridine rings is 1. The van der Waals surface area contributed by atoms with E-state index in [-0.39, 0.29) is 11.6 Å². The number of nitrogens with two attached hydrogens (primary N) is 1. The van der Waals surface area contributed by atoms with Gasteiger partial charge in [-0.2, -0.15) is 13.2 Å². The minimum Gasteiger partial charge on any atom is -0.340 e. The summed E-state index contributed by atoms with van der Waals surface area (Å²) in [7, 11) is 0. The van der Waals surface area contributed by atoms with Gasteiger partial charge < -0.3 is 10.7 Å². The van der Waals surface area contributed by atoms with Crippen molar-refractivity contribution >= 4 is 29.1 Å². The highest BCUT2D eigenvalue weighted by atomic mass is 32.2. The third kappa shape index (κ3) is 4.02. The average Bonchev–Trinajstić information content (AvgIpc) is 2.46. The topological polar surface area (TPSA) is 63.0 Å². The lowest BCUT2D eigenvalue weighted by molar-refractivity contribution is -0.137. The van der Waals surface area contributed by atoms with Gasteiger partial charge in [-0.3, -0.25) is 0 Å². The average molecular weight is 314 g/mol. The molecule has 1 aromatic carbocycles. The second-order valence-electron chi connectivity index (χ2n) is 4.12. The van der Waals surface area contributed by atoms with Crippen molar-refractivity contribution in [3.8, 4) is 0 Å². The Labute approximate surface area is 123 Å². The molecule has 4 nitrogen and oxygen atoms in total. The van der Waals surface area contributed by atoms with E-state index in [1.165, 1.54) is 0 Å². The van der Waals surface area contributed by atoms with Gasteiger partial charge in [-0.05, 0) is 42.7 Å². The van der Waals surface area contributed by atoms with Crippen LogP contribution in [0.4, 0.5) is 30.5 Å². The smallest absolute Gasteiger partial charge is 0.340 e. The summed E-state index contributed by atoms with van der Waals surface area (Å²) in [6.45, 7) is 0. The van der Waals surface area contributed by atoms with Crippen molar-refractivity contribution in [1.29, 1.82) is 0 Å². The number of hydrazine groups is 1. The van der Waals surface area contributed by atoms with Gasteiger partial charge in [0.1, 0.15) is 11.6 Å². The summed E-state index contributed by atoms with van der Waals surface area (Å²) in [5, 5.41) is 2.83. The lowest BCUT2D eigenvalue weighted by Gasteiger charge is -2.12. The summed E-state index contributed by atoms with van der Waals surface area (Å²) in [5.74, 6) is 5.15. The number of thioether (sulfide) groups is 1. The summed E-state index contributed by atoms with van der Waals surface area (Å²) in [6, 6.07) is 9.05. The number of nitrogens with one attached hydrogen (secondary N) is 2. The van der Waals surface area contributed by atoms with Gasteiger partial charge in [0.05, 0.1) is 5.56 Å². The minimum atomic E-state index is -4.46. The van der Waals surface area contributed by atoms with Crippen LogP contribution in [0.25, 0.3) is 0 Å². The SMILES string of the molecule is CSc1ccc(Nc2cc(C(F)(F)F)cc(NN)n2)cc1. The van der Waals surface area contributed by atoms with E-state index in [1.807, 2.05) is 18.4 Å². The second kappa shape index (κ2) is 6.23. The number of halogens is 3. The van der Waals surface area contributed by atoms with E-state index in [9.17, 15) is 13.2 Å². The predicted octanol–water partition coefficient (Wildman–Crippen LogP) is 3.85. The number of nitrogens with zero attached hydrogens (tertiary/aromatic N) is 1. The first kappa shape index (κ1) is 15.5. The summed E-state index contributed by atoms with van der Waals surface area (Å²) >= 11 is 1.58. The molecule has 4 N–H and O–H groups in total. The molecule has 0 spiro atoms. The summed E-state index contributed by atoms with van der Waals surface area (Å²) < 4.78 is 38.4. The molecule has 0 aliphatic carbocycles. The van der Waals surface area contributed by atoms with Crippen molar-refractivity contribution in [2.75, 3.05) is 17.0 Å². The number of benzene rings is 1. The van der Waals surface area contributed by atoms with Gasteiger partial charge in [0.25, 0.3) is 0 Å². The molecule has 1 heterocycles. The molecule has 0 radical (unpaired) electrons. The van der Waals surface area contributed by atoms with Crippen LogP contribution in [0, 0.1) is 0 Å². The molecule has 112 valence electrons. The van der Waals surface area contributed by atoms with E-state index in [0.717, 1.165) is 17.0 Å². The maximum Gasteiger partial charge on any atom is 0.416 e. The highest BCUT2D eigenvalue weighted by Gasteiger charge is 2.31. The van der Waals surface area contributed by atoms with Crippen LogP contribution in [0.15, 0.2) is 41.3 Å². The van der Waals surface area contributed by atoms with Crippen LogP contribution in [0.3, 0.4) is 0 Å². The van der Waals surface area contributed by atoms with E-state index in [2.05, 4.69) is 15.7 Å². The van der Waals surface area contributed by atoms with Crippen LogP contribution in [-0.2, 0) is 6.18 Å². The second-order valence-corrected chi connectivity index (χ2v) is 5.00. The van der Waals surface area contributed by atoms with Gasteiger partial charge in [0, 0.05) is 10.6 Å². The standard InChI is InChI=1S/C13H13F3N4S/c1-21-10-4-2-9(3-5-10)18-11-6-8(13(14,15)16)7-12(19-11)20-17/h2-7H,17H2,1H3,(H2,18,19,20). The number of aromatic nitrogens is 1. The van der Waals surface area contributed by atoms with Crippen LogP contribution in [-0.4, -0.2) is 11.2 Å². The first-order valence-corrected chi connectivity index (χ1v) is 7.12. The van der Waals surface area contributed by atoms with Crippen LogP contribution in [0.2, 0.25) is 0 Å². The number of anilines is 3. The third-order valence-corrected chi connectivity index (χ3v) is 3.41. The molecule has 2 aromatic rings. The highest BCUT2D eigenvalue weighted by Crippen LogP contribution is 2.32. The quantitative estimate of drug-likeness (QED) is 0.454. The molecule has 0 amide bonds. The van der Waals surface area contributed by atoms with Gasteiger partial charge >= 0.3 is 6.18 Å². The van der Waals surface area contributed by atoms with E-state index in [0.29, 0.717) is 5.69 Å².